The van der Waals surface area contributed by atoms with Crippen molar-refractivity contribution in [3.8, 4) is 6.07 Å². The topological polar surface area (TPSA) is 62.7 Å². The molecule has 86 valence electrons. The number of nitriles is 1. The van der Waals surface area contributed by atoms with E-state index in [-0.39, 0.29) is 0 Å². The summed E-state index contributed by atoms with van der Waals surface area (Å²) in [6, 6.07) is 7.72. The summed E-state index contributed by atoms with van der Waals surface area (Å²) in [6.07, 6.45) is 0.785. The third-order valence-electron chi connectivity index (χ3n) is 2.44. The SMILES string of the molecule is Cc1nc(N)sc1Cc1ccc(C#N)cc1Br. The molecule has 0 aliphatic rings. The van der Waals surface area contributed by atoms with Gasteiger partial charge in [0.2, 0.25) is 0 Å². The Morgan fingerprint density at radius 3 is 2.82 bits per heavy atom. The van der Waals surface area contributed by atoms with Gasteiger partial charge in [0.15, 0.2) is 5.13 Å². The van der Waals surface area contributed by atoms with Crippen molar-refractivity contribution in [2.75, 3.05) is 5.73 Å². The molecular weight excluding hydrogens is 298 g/mol. The molecule has 0 saturated carbocycles. The van der Waals surface area contributed by atoms with Crippen LogP contribution in [0.5, 0.6) is 0 Å². The van der Waals surface area contributed by atoms with E-state index >= 15 is 0 Å². The number of aromatic nitrogens is 1. The molecule has 0 atom stereocenters. The van der Waals surface area contributed by atoms with Gasteiger partial charge in [0.25, 0.3) is 0 Å². The average molecular weight is 308 g/mol. The number of benzene rings is 1. The summed E-state index contributed by atoms with van der Waals surface area (Å²) in [7, 11) is 0. The van der Waals surface area contributed by atoms with Crippen LogP contribution in [0.15, 0.2) is 22.7 Å². The first-order valence-corrected chi connectivity index (χ1v) is 6.61. The van der Waals surface area contributed by atoms with Crippen molar-refractivity contribution in [1.82, 2.24) is 4.98 Å². The Bertz CT molecular complexity index is 598. The fourth-order valence-electron chi connectivity index (χ4n) is 1.55. The van der Waals surface area contributed by atoms with Gasteiger partial charge in [0.1, 0.15) is 0 Å². The monoisotopic (exact) mass is 307 g/mol. The van der Waals surface area contributed by atoms with Crippen molar-refractivity contribution >= 4 is 32.4 Å². The summed E-state index contributed by atoms with van der Waals surface area (Å²) in [5.41, 5.74) is 8.43. The summed E-state index contributed by atoms with van der Waals surface area (Å²) in [5, 5.41) is 9.39. The summed E-state index contributed by atoms with van der Waals surface area (Å²) in [4.78, 5) is 5.36. The maximum absolute atomic E-state index is 8.79. The smallest absolute Gasteiger partial charge is 0.180 e. The second-order valence-electron chi connectivity index (χ2n) is 3.66. The fourth-order valence-corrected chi connectivity index (χ4v) is 2.92. The average Bonchev–Trinajstić information content (AvgIpc) is 2.60. The molecule has 2 aromatic rings. The van der Waals surface area contributed by atoms with Gasteiger partial charge in [-0.05, 0) is 24.6 Å². The van der Waals surface area contributed by atoms with Crippen LogP contribution in [0.25, 0.3) is 0 Å². The van der Waals surface area contributed by atoms with E-state index in [0.29, 0.717) is 10.7 Å². The number of nitrogens with two attached hydrogens (primary N) is 1. The van der Waals surface area contributed by atoms with Crippen molar-refractivity contribution in [2.24, 2.45) is 0 Å². The third kappa shape index (κ3) is 2.65. The summed E-state index contributed by atoms with van der Waals surface area (Å²) >= 11 is 4.99. The highest BCUT2D eigenvalue weighted by atomic mass is 79.9. The first kappa shape index (κ1) is 12.1. The number of nitrogens with zero attached hydrogens (tertiary/aromatic N) is 2. The van der Waals surface area contributed by atoms with E-state index < -0.39 is 0 Å². The number of aryl methyl sites for hydroxylation is 1. The lowest BCUT2D eigenvalue weighted by Gasteiger charge is -2.03. The number of hydrogen-bond acceptors (Lipinski definition) is 4. The molecular formula is C12H10BrN3S. The van der Waals surface area contributed by atoms with Gasteiger partial charge >= 0.3 is 0 Å². The lowest BCUT2D eigenvalue weighted by atomic mass is 10.1. The van der Waals surface area contributed by atoms with Gasteiger partial charge in [-0.15, -0.1) is 11.3 Å². The molecule has 0 radical (unpaired) electrons. The predicted molar refractivity (Wildman–Crippen MR) is 72.9 cm³/mol. The second-order valence-corrected chi connectivity index (χ2v) is 5.62. The Kier molecular flexibility index (Phi) is 3.46. The summed E-state index contributed by atoms with van der Waals surface area (Å²) in [6.45, 7) is 1.96. The maximum atomic E-state index is 8.79. The van der Waals surface area contributed by atoms with Crippen LogP contribution < -0.4 is 5.73 Å². The maximum Gasteiger partial charge on any atom is 0.180 e. The summed E-state index contributed by atoms with van der Waals surface area (Å²) in [5.74, 6) is 0. The minimum Gasteiger partial charge on any atom is -0.375 e. The lowest BCUT2D eigenvalue weighted by Crippen LogP contribution is -1.90. The first-order valence-electron chi connectivity index (χ1n) is 5.00. The van der Waals surface area contributed by atoms with E-state index in [2.05, 4.69) is 27.0 Å². The molecule has 0 unspecified atom stereocenters. The van der Waals surface area contributed by atoms with Crippen LogP contribution in [0.1, 0.15) is 21.7 Å². The number of hydrogen-bond donors (Lipinski definition) is 1. The van der Waals surface area contributed by atoms with Gasteiger partial charge in [0.05, 0.1) is 17.3 Å². The number of rotatable bonds is 2. The molecule has 0 bridgehead atoms. The van der Waals surface area contributed by atoms with Crippen LogP contribution in [0, 0.1) is 18.3 Å². The molecule has 2 N–H and O–H groups in total. The highest BCUT2D eigenvalue weighted by Crippen LogP contribution is 2.27. The highest BCUT2D eigenvalue weighted by Gasteiger charge is 2.09. The van der Waals surface area contributed by atoms with E-state index in [1.807, 2.05) is 25.1 Å². The molecule has 1 heterocycles. The molecule has 17 heavy (non-hydrogen) atoms. The molecule has 0 saturated heterocycles. The number of thiazole rings is 1. The molecule has 0 spiro atoms. The standard InChI is InChI=1S/C12H10BrN3S/c1-7-11(17-12(15)16-7)5-9-3-2-8(6-14)4-10(9)13/h2-4H,5H2,1H3,(H2,15,16). The van der Waals surface area contributed by atoms with E-state index in [0.717, 1.165) is 27.0 Å². The molecule has 3 nitrogen and oxygen atoms in total. The minimum atomic E-state index is 0.599. The van der Waals surface area contributed by atoms with E-state index in [9.17, 15) is 0 Å². The largest absolute Gasteiger partial charge is 0.375 e. The predicted octanol–water partition coefficient (Wildman–Crippen LogP) is 3.26. The van der Waals surface area contributed by atoms with Crippen LogP contribution in [-0.2, 0) is 6.42 Å². The van der Waals surface area contributed by atoms with Crippen LogP contribution in [0.4, 0.5) is 5.13 Å². The zero-order valence-corrected chi connectivity index (χ0v) is 11.6. The van der Waals surface area contributed by atoms with E-state index in [4.69, 9.17) is 11.0 Å². The van der Waals surface area contributed by atoms with Crippen LogP contribution in [-0.4, -0.2) is 4.98 Å². The van der Waals surface area contributed by atoms with Gasteiger partial charge < -0.3 is 5.73 Å². The first-order chi connectivity index (χ1) is 8.10. The normalized spacial score (nSPS) is 10.2. The van der Waals surface area contributed by atoms with Gasteiger partial charge in [-0.25, -0.2) is 4.98 Å². The highest BCUT2D eigenvalue weighted by molar-refractivity contribution is 9.10. The number of nitrogen functional groups attached to an aromatic ring is 1. The van der Waals surface area contributed by atoms with Crippen molar-refractivity contribution in [1.29, 1.82) is 5.26 Å². The molecule has 1 aromatic heterocycles. The Labute approximate surface area is 112 Å². The molecule has 0 amide bonds. The van der Waals surface area contributed by atoms with Crippen LogP contribution >= 0.6 is 27.3 Å². The van der Waals surface area contributed by atoms with Crippen molar-refractivity contribution in [3.05, 3.63) is 44.4 Å². The van der Waals surface area contributed by atoms with Gasteiger partial charge in [-0.1, -0.05) is 22.0 Å². The quantitative estimate of drug-likeness (QED) is 0.926. The molecule has 1 aromatic carbocycles. The molecule has 0 fully saturated rings. The van der Waals surface area contributed by atoms with Crippen LogP contribution in [0.3, 0.4) is 0 Å². The molecule has 2 rings (SSSR count). The summed E-state index contributed by atoms with van der Waals surface area (Å²) < 4.78 is 0.947. The lowest BCUT2D eigenvalue weighted by molar-refractivity contribution is 1.14. The van der Waals surface area contributed by atoms with Gasteiger partial charge in [0, 0.05) is 15.8 Å². The Morgan fingerprint density at radius 2 is 2.29 bits per heavy atom. The third-order valence-corrected chi connectivity index (χ3v) is 4.17. The second kappa shape index (κ2) is 4.86. The zero-order chi connectivity index (χ0) is 12.4. The molecule has 0 aliphatic heterocycles. The van der Waals surface area contributed by atoms with Crippen LogP contribution in [0.2, 0.25) is 0 Å². The molecule has 5 heteroatoms. The van der Waals surface area contributed by atoms with E-state index in [1.54, 1.807) is 0 Å². The Hall–Kier alpha value is -1.38. The fraction of sp³-hybridized carbons (Fsp3) is 0.167. The number of anilines is 1. The van der Waals surface area contributed by atoms with Gasteiger partial charge in [-0.2, -0.15) is 5.26 Å². The van der Waals surface area contributed by atoms with Crippen molar-refractivity contribution in [3.63, 3.8) is 0 Å². The van der Waals surface area contributed by atoms with Crippen molar-refractivity contribution < 1.29 is 0 Å². The Balaban J connectivity index is 2.31. The zero-order valence-electron chi connectivity index (χ0n) is 9.20. The van der Waals surface area contributed by atoms with Gasteiger partial charge in [-0.3, -0.25) is 0 Å². The molecule has 0 aliphatic carbocycles. The van der Waals surface area contributed by atoms with Crippen molar-refractivity contribution in [2.45, 2.75) is 13.3 Å². The number of halogens is 1. The Morgan fingerprint density at radius 1 is 1.53 bits per heavy atom. The van der Waals surface area contributed by atoms with E-state index in [1.165, 1.54) is 11.3 Å². The minimum absolute atomic E-state index is 0.599.